The highest BCUT2D eigenvalue weighted by atomic mass is 16.3. The number of nitrogens with one attached hydrogen (secondary N) is 1. The Bertz CT molecular complexity index is 549. The molecule has 2 nitrogen and oxygen atoms in total. The minimum Gasteiger partial charge on any atom is -0.389 e. The second kappa shape index (κ2) is 6.22. The number of benzene rings is 1. The third-order valence-corrected chi connectivity index (χ3v) is 6.73. The number of rotatable bonds is 5. The monoisotopic (exact) mass is 313 g/mol. The molecule has 0 heterocycles. The molecule has 2 heteroatoms. The van der Waals surface area contributed by atoms with E-state index in [2.05, 4.69) is 29.6 Å². The maximum Gasteiger partial charge on any atom is 0.0771 e. The maximum atomic E-state index is 10.6. The Kier molecular flexibility index (Phi) is 4.23. The van der Waals surface area contributed by atoms with E-state index in [1.54, 1.807) is 5.56 Å². The third-order valence-electron chi connectivity index (χ3n) is 6.73. The van der Waals surface area contributed by atoms with Crippen LogP contribution in [0.4, 0.5) is 0 Å². The van der Waals surface area contributed by atoms with Crippen molar-refractivity contribution in [1.29, 1.82) is 0 Å². The molecular formula is C21H31NO. The van der Waals surface area contributed by atoms with Crippen LogP contribution in [0, 0.1) is 5.92 Å². The van der Waals surface area contributed by atoms with Crippen LogP contribution in [-0.4, -0.2) is 17.3 Å². The van der Waals surface area contributed by atoms with Crippen molar-refractivity contribution < 1.29 is 5.11 Å². The average Bonchev–Trinajstić information content (AvgIpc) is 3.32. The molecule has 3 fully saturated rings. The lowest BCUT2D eigenvalue weighted by atomic mass is 9.82. The van der Waals surface area contributed by atoms with Gasteiger partial charge in [-0.15, -0.1) is 0 Å². The Balaban J connectivity index is 1.36. The summed E-state index contributed by atoms with van der Waals surface area (Å²) in [5, 5.41) is 14.1. The molecule has 2 unspecified atom stereocenters. The first-order valence-electron chi connectivity index (χ1n) is 9.73. The van der Waals surface area contributed by atoms with Gasteiger partial charge in [-0.05, 0) is 54.6 Å². The highest BCUT2D eigenvalue weighted by molar-refractivity contribution is 5.37. The van der Waals surface area contributed by atoms with Crippen molar-refractivity contribution in [2.24, 2.45) is 5.92 Å². The highest BCUT2D eigenvalue weighted by Crippen LogP contribution is 2.62. The fourth-order valence-corrected chi connectivity index (χ4v) is 5.21. The molecule has 1 aromatic rings. The van der Waals surface area contributed by atoms with Gasteiger partial charge < -0.3 is 10.4 Å². The van der Waals surface area contributed by atoms with Crippen LogP contribution in [0.2, 0.25) is 0 Å². The standard InChI is InChI=1S/C21H31NO/c23-20(10-3-1-4-11-20)16-22-15-17-7-6-9-18(13-17)21-12-5-2-8-19(21)14-21/h6-7,9,13,19,22-23H,1-5,8,10-12,14-16H2. The lowest BCUT2D eigenvalue weighted by Crippen LogP contribution is -2.41. The van der Waals surface area contributed by atoms with Crippen LogP contribution in [0.25, 0.3) is 0 Å². The molecule has 126 valence electrons. The van der Waals surface area contributed by atoms with E-state index in [-0.39, 0.29) is 0 Å². The predicted octanol–water partition coefficient (Wildman–Crippen LogP) is 4.30. The van der Waals surface area contributed by atoms with Crippen LogP contribution < -0.4 is 5.32 Å². The largest absolute Gasteiger partial charge is 0.389 e. The second-order valence-electron chi connectivity index (χ2n) is 8.39. The van der Waals surface area contributed by atoms with Crippen molar-refractivity contribution in [3.8, 4) is 0 Å². The SMILES string of the molecule is OC1(CNCc2cccc(C34CCCCC3C4)c2)CCCCC1. The smallest absolute Gasteiger partial charge is 0.0771 e. The summed E-state index contributed by atoms with van der Waals surface area (Å²) >= 11 is 0. The summed E-state index contributed by atoms with van der Waals surface area (Å²) in [5.74, 6) is 0.961. The zero-order chi connectivity index (χ0) is 15.8. The van der Waals surface area contributed by atoms with Crippen LogP contribution in [-0.2, 0) is 12.0 Å². The van der Waals surface area contributed by atoms with Gasteiger partial charge in [0.25, 0.3) is 0 Å². The Morgan fingerprint density at radius 2 is 1.87 bits per heavy atom. The summed E-state index contributed by atoms with van der Waals surface area (Å²) in [6.45, 7) is 1.63. The molecule has 2 atom stereocenters. The normalized spacial score (nSPS) is 32.3. The molecule has 3 aliphatic rings. The van der Waals surface area contributed by atoms with Gasteiger partial charge in [-0.3, -0.25) is 0 Å². The summed E-state index contributed by atoms with van der Waals surface area (Å²) in [6.07, 6.45) is 12.7. The van der Waals surface area contributed by atoms with E-state index in [1.807, 2.05) is 0 Å². The first-order chi connectivity index (χ1) is 11.2. The van der Waals surface area contributed by atoms with Gasteiger partial charge in [-0.25, -0.2) is 0 Å². The minimum absolute atomic E-state index is 0.459. The van der Waals surface area contributed by atoms with Gasteiger partial charge in [0.15, 0.2) is 0 Å². The predicted molar refractivity (Wildman–Crippen MR) is 94.4 cm³/mol. The van der Waals surface area contributed by atoms with Gasteiger partial charge in [0.2, 0.25) is 0 Å². The third kappa shape index (κ3) is 3.21. The van der Waals surface area contributed by atoms with Crippen LogP contribution in [0.1, 0.15) is 75.3 Å². The molecule has 0 saturated heterocycles. The van der Waals surface area contributed by atoms with Crippen LogP contribution in [0.5, 0.6) is 0 Å². The highest BCUT2D eigenvalue weighted by Gasteiger charge is 2.55. The average molecular weight is 313 g/mol. The quantitative estimate of drug-likeness (QED) is 0.849. The van der Waals surface area contributed by atoms with Crippen molar-refractivity contribution in [3.05, 3.63) is 35.4 Å². The Morgan fingerprint density at radius 1 is 1.04 bits per heavy atom. The molecule has 0 aromatic heterocycles. The first kappa shape index (κ1) is 15.7. The van der Waals surface area contributed by atoms with Gasteiger partial charge in [-0.2, -0.15) is 0 Å². The van der Waals surface area contributed by atoms with Crippen molar-refractivity contribution in [1.82, 2.24) is 5.32 Å². The van der Waals surface area contributed by atoms with E-state index >= 15 is 0 Å². The van der Waals surface area contributed by atoms with Gasteiger partial charge >= 0.3 is 0 Å². The summed E-state index contributed by atoms with van der Waals surface area (Å²) in [4.78, 5) is 0. The second-order valence-corrected chi connectivity index (χ2v) is 8.39. The van der Waals surface area contributed by atoms with E-state index in [1.165, 1.54) is 56.9 Å². The van der Waals surface area contributed by atoms with Crippen LogP contribution in [0.3, 0.4) is 0 Å². The van der Waals surface area contributed by atoms with Crippen molar-refractivity contribution in [3.63, 3.8) is 0 Å². The van der Waals surface area contributed by atoms with Crippen molar-refractivity contribution in [2.45, 2.75) is 81.8 Å². The van der Waals surface area contributed by atoms with Crippen LogP contribution >= 0.6 is 0 Å². The van der Waals surface area contributed by atoms with Gasteiger partial charge in [0, 0.05) is 13.1 Å². The molecule has 3 aliphatic carbocycles. The van der Waals surface area contributed by atoms with Gasteiger partial charge in [-0.1, -0.05) is 56.4 Å². The summed E-state index contributed by atoms with van der Waals surface area (Å²) in [5.41, 5.74) is 3.04. The van der Waals surface area contributed by atoms with E-state index in [0.717, 1.165) is 31.8 Å². The topological polar surface area (TPSA) is 32.3 Å². The Hall–Kier alpha value is -0.860. The molecule has 2 N–H and O–H groups in total. The molecule has 0 radical (unpaired) electrons. The van der Waals surface area contributed by atoms with Gasteiger partial charge in [0.05, 0.1) is 5.60 Å². The molecule has 3 saturated carbocycles. The van der Waals surface area contributed by atoms with Crippen molar-refractivity contribution in [2.75, 3.05) is 6.54 Å². The fraction of sp³-hybridized carbons (Fsp3) is 0.714. The van der Waals surface area contributed by atoms with Crippen molar-refractivity contribution >= 4 is 0 Å². The Morgan fingerprint density at radius 3 is 2.70 bits per heavy atom. The number of fused-ring (bicyclic) bond motifs is 1. The lowest BCUT2D eigenvalue weighted by Gasteiger charge is -2.32. The number of aliphatic hydroxyl groups is 1. The molecule has 4 rings (SSSR count). The minimum atomic E-state index is -0.459. The van der Waals surface area contributed by atoms with E-state index in [0.29, 0.717) is 5.41 Å². The van der Waals surface area contributed by atoms with Crippen LogP contribution in [0.15, 0.2) is 24.3 Å². The number of hydrogen-bond acceptors (Lipinski definition) is 2. The molecule has 1 aromatic carbocycles. The van der Waals surface area contributed by atoms with Gasteiger partial charge in [0.1, 0.15) is 0 Å². The molecule has 0 spiro atoms. The molecule has 23 heavy (non-hydrogen) atoms. The summed E-state index contributed by atoms with van der Waals surface area (Å²) in [6, 6.07) is 9.26. The zero-order valence-electron chi connectivity index (χ0n) is 14.3. The molecule has 0 bridgehead atoms. The lowest BCUT2D eigenvalue weighted by molar-refractivity contribution is 0.00467. The molecule has 0 amide bonds. The maximum absolute atomic E-state index is 10.6. The zero-order valence-corrected chi connectivity index (χ0v) is 14.3. The number of hydrogen-bond donors (Lipinski definition) is 2. The van der Waals surface area contributed by atoms with E-state index in [4.69, 9.17) is 0 Å². The summed E-state index contributed by atoms with van der Waals surface area (Å²) < 4.78 is 0. The van der Waals surface area contributed by atoms with E-state index in [9.17, 15) is 5.11 Å². The summed E-state index contributed by atoms with van der Waals surface area (Å²) in [7, 11) is 0. The first-order valence-corrected chi connectivity index (χ1v) is 9.73. The van der Waals surface area contributed by atoms with E-state index < -0.39 is 5.60 Å². The fourth-order valence-electron chi connectivity index (χ4n) is 5.21. The molecule has 0 aliphatic heterocycles. The Labute approximate surface area is 140 Å². The molecular weight excluding hydrogens is 282 g/mol.